The molecule has 0 atom stereocenters. The molecule has 0 saturated heterocycles. The monoisotopic (exact) mass is 308 g/mol. The summed E-state index contributed by atoms with van der Waals surface area (Å²) in [6.07, 6.45) is 1.12. The highest BCUT2D eigenvalue weighted by molar-refractivity contribution is 7.99. The third-order valence-corrected chi connectivity index (χ3v) is 4.10. The summed E-state index contributed by atoms with van der Waals surface area (Å²) >= 11 is 1.69. The normalized spacial score (nSPS) is 10.8. The number of rotatable bonds is 9. The van der Waals surface area contributed by atoms with Crippen LogP contribution in [0.15, 0.2) is 29.4 Å². The van der Waals surface area contributed by atoms with E-state index in [0.717, 1.165) is 36.2 Å². The summed E-state index contributed by atoms with van der Waals surface area (Å²) in [7, 11) is 1.86. The molecule has 0 aliphatic rings. The molecule has 0 spiro atoms. The Hall–Kier alpha value is -1.60. The smallest absolute Gasteiger partial charge is 0.209 e. The average molecular weight is 308 g/mol. The number of tetrazole rings is 1. The van der Waals surface area contributed by atoms with Crippen LogP contribution >= 0.6 is 11.8 Å². The second-order valence-electron chi connectivity index (χ2n) is 4.61. The van der Waals surface area contributed by atoms with Crippen LogP contribution in [-0.4, -0.2) is 39.1 Å². The molecule has 2 aromatic rings. The SMILES string of the molecule is CCOc1ccccc1C[NH2+]CCCSc1nnnn1C. The number of benzene rings is 1. The predicted octanol–water partition coefficient (Wildman–Crippen LogP) is 0.855. The first-order valence-electron chi connectivity index (χ1n) is 7.18. The van der Waals surface area contributed by atoms with Crippen molar-refractivity contribution in [2.24, 2.45) is 7.05 Å². The first-order chi connectivity index (χ1) is 10.3. The lowest BCUT2D eigenvalue weighted by Gasteiger charge is -2.08. The molecule has 0 aliphatic heterocycles. The van der Waals surface area contributed by atoms with E-state index in [9.17, 15) is 0 Å². The van der Waals surface area contributed by atoms with Crippen LogP contribution in [0.25, 0.3) is 0 Å². The van der Waals surface area contributed by atoms with E-state index in [0.29, 0.717) is 6.61 Å². The summed E-state index contributed by atoms with van der Waals surface area (Å²) in [5, 5.41) is 14.6. The zero-order valence-electron chi connectivity index (χ0n) is 12.5. The van der Waals surface area contributed by atoms with Crippen molar-refractivity contribution in [3.8, 4) is 5.75 Å². The van der Waals surface area contributed by atoms with Crippen LogP contribution in [0, 0.1) is 0 Å². The van der Waals surface area contributed by atoms with Crippen LogP contribution < -0.4 is 10.1 Å². The van der Waals surface area contributed by atoms with Gasteiger partial charge in [0.05, 0.1) is 13.2 Å². The topological polar surface area (TPSA) is 69.4 Å². The highest BCUT2D eigenvalue weighted by Crippen LogP contribution is 2.16. The van der Waals surface area contributed by atoms with Crippen molar-refractivity contribution < 1.29 is 10.1 Å². The van der Waals surface area contributed by atoms with E-state index in [4.69, 9.17) is 4.74 Å². The van der Waals surface area contributed by atoms with Gasteiger partial charge in [0, 0.05) is 24.8 Å². The number of hydrogen-bond donors (Lipinski definition) is 1. The fourth-order valence-electron chi connectivity index (χ4n) is 1.96. The summed E-state index contributed by atoms with van der Waals surface area (Å²) in [5.41, 5.74) is 1.25. The van der Waals surface area contributed by atoms with Crippen LogP contribution in [-0.2, 0) is 13.6 Å². The second kappa shape index (κ2) is 8.63. The number of nitrogens with zero attached hydrogens (tertiary/aromatic N) is 4. The van der Waals surface area contributed by atoms with Gasteiger partial charge in [0.25, 0.3) is 0 Å². The standard InChI is InChI=1S/C14H21N5OS/c1-3-20-13-8-5-4-7-12(13)11-15-9-6-10-21-14-16-17-18-19(14)2/h4-5,7-8,15H,3,6,9-11H2,1-2H3/p+1. The summed E-state index contributed by atoms with van der Waals surface area (Å²) in [6.45, 7) is 4.75. The lowest BCUT2D eigenvalue weighted by Crippen LogP contribution is -2.82. The molecule has 1 heterocycles. The molecule has 6 nitrogen and oxygen atoms in total. The maximum atomic E-state index is 5.63. The Morgan fingerprint density at radius 2 is 2.19 bits per heavy atom. The third-order valence-electron chi connectivity index (χ3n) is 3.00. The Balaban J connectivity index is 1.65. The highest BCUT2D eigenvalue weighted by atomic mass is 32.2. The Morgan fingerprint density at radius 3 is 2.95 bits per heavy atom. The first kappa shape index (κ1) is 15.8. The van der Waals surface area contributed by atoms with E-state index in [1.807, 2.05) is 26.1 Å². The van der Waals surface area contributed by atoms with Crippen LogP contribution in [0.4, 0.5) is 0 Å². The first-order valence-corrected chi connectivity index (χ1v) is 8.17. The van der Waals surface area contributed by atoms with Crippen LogP contribution in [0.2, 0.25) is 0 Å². The van der Waals surface area contributed by atoms with E-state index in [2.05, 4.69) is 33.0 Å². The molecule has 1 aromatic carbocycles. The van der Waals surface area contributed by atoms with E-state index in [1.165, 1.54) is 5.56 Å². The van der Waals surface area contributed by atoms with Crippen molar-refractivity contribution in [2.75, 3.05) is 18.9 Å². The molecule has 0 amide bonds. The van der Waals surface area contributed by atoms with Crippen molar-refractivity contribution in [3.63, 3.8) is 0 Å². The number of para-hydroxylation sites is 1. The Morgan fingerprint density at radius 1 is 1.33 bits per heavy atom. The molecule has 2 rings (SSSR count). The maximum absolute atomic E-state index is 5.63. The molecule has 0 unspecified atom stereocenters. The molecule has 0 aliphatic carbocycles. The zero-order valence-corrected chi connectivity index (χ0v) is 13.3. The molecule has 21 heavy (non-hydrogen) atoms. The van der Waals surface area contributed by atoms with Gasteiger partial charge >= 0.3 is 0 Å². The van der Waals surface area contributed by atoms with Crippen molar-refractivity contribution >= 4 is 11.8 Å². The van der Waals surface area contributed by atoms with Gasteiger partial charge in [-0.1, -0.05) is 23.9 Å². The summed E-state index contributed by atoms with van der Waals surface area (Å²) < 4.78 is 7.33. The molecule has 0 bridgehead atoms. The van der Waals surface area contributed by atoms with Crippen LogP contribution in [0.5, 0.6) is 5.75 Å². The molecule has 114 valence electrons. The number of quaternary nitrogens is 1. The Bertz CT molecular complexity index is 546. The van der Waals surface area contributed by atoms with Gasteiger partial charge in [0.2, 0.25) is 5.16 Å². The summed E-state index contributed by atoms with van der Waals surface area (Å²) in [6, 6.07) is 8.23. The molecule has 1 aromatic heterocycles. The lowest BCUT2D eigenvalue weighted by atomic mass is 10.2. The fourth-order valence-corrected chi connectivity index (χ4v) is 2.77. The minimum absolute atomic E-state index is 0.708. The number of aromatic nitrogens is 4. The number of hydrogen-bond acceptors (Lipinski definition) is 5. The molecular weight excluding hydrogens is 286 g/mol. The van der Waals surface area contributed by atoms with Gasteiger partial charge in [-0.05, 0) is 29.5 Å². The largest absolute Gasteiger partial charge is 0.493 e. The van der Waals surface area contributed by atoms with Crippen molar-refractivity contribution in [1.82, 2.24) is 20.2 Å². The lowest BCUT2D eigenvalue weighted by molar-refractivity contribution is -0.670. The second-order valence-corrected chi connectivity index (χ2v) is 5.67. The van der Waals surface area contributed by atoms with Crippen molar-refractivity contribution in [2.45, 2.75) is 25.0 Å². The van der Waals surface area contributed by atoms with E-state index in [1.54, 1.807) is 16.4 Å². The predicted molar refractivity (Wildman–Crippen MR) is 82.2 cm³/mol. The quantitative estimate of drug-likeness (QED) is 0.549. The number of nitrogens with two attached hydrogens (primary N) is 1. The van der Waals surface area contributed by atoms with Gasteiger partial charge in [-0.15, -0.1) is 5.10 Å². The van der Waals surface area contributed by atoms with Gasteiger partial charge in [-0.25, -0.2) is 4.68 Å². The fraction of sp³-hybridized carbons (Fsp3) is 0.500. The van der Waals surface area contributed by atoms with Gasteiger partial charge in [0.1, 0.15) is 12.3 Å². The molecule has 2 N–H and O–H groups in total. The van der Waals surface area contributed by atoms with Crippen molar-refractivity contribution in [1.29, 1.82) is 0 Å². The highest BCUT2D eigenvalue weighted by Gasteiger charge is 2.05. The van der Waals surface area contributed by atoms with E-state index in [-0.39, 0.29) is 0 Å². The average Bonchev–Trinajstić information content (AvgIpc) is 2.90. The van der Waals surface area contributed by atoms with E-state index < -0.39 is 0 Å². The van der Waals surface area contributed by atoms with Crippen molar-refractivity contribution in [3.05, 3.63) is 29.8 Å². The zero-order chi connectivity index (χ0) is 14.9. The minimum atomic E-state index is 0.708. The number of thioether (sulfide) groups is 1. The third kappa shape index (κ3) is 5.02. The number of ether oxygens (including phenoxy) is 1. The summed E-state index contributed by atoms with van der Waals surface area (Å²) in [4.78, 5) is 0. The van der Waals surface area contributed by atoms with Gasteiger partial charge < -0.3 is 10.1 Å². The Labute approximate surface area is 129 Å². The summed E-state index contributed by atoms with van der Waals surface area (Å²) in [5.74, 6) is 2.02. The van der Waals surface area contributed by atoms with E-state index >= 15 is 0 Å². The molecule has 0 radical (unpaired) electrons. The molecule has 7 heteroatoms. The van der Waals surface area contributed by atoms with Crippen LogP contribution in [0.3, 0.4) is 0 Å². The van der Waals surface area contributed by atoms with Crippen LogP contribution in [0.1, 0.15) is 18.9 Å². The Kier molecular flexibility index (Phi) is 6.49. The number of aryl methyl sites for hydroxylation is 1. The molecule has 0 saturated carbocycles. The van der Waals surface area contributed by atoms with Gasteiger partial charge in [0.15, 0.2) is 0 Å². The maximum Gasteiger partial charge on any atom is 0.209 e. The molecule has 0 fully saturated rings. The van der Waals surface area contributed by atoms with Gasteiger partial charge in [-0.3, -0.25) is 0 Å². The minimum Gasteiger partial charge on any atom is -0.493 e. The van der Waals surface area contributed by atoms with Gasteiger partial charge in [-0.2, -0.15) is 0 Å². The molecular formula is C14H22N5OS+.